The summed E-state index contributed by atoms with van der Waals surface area (Å²) in [6.45, 7) is 2.84. The normalized spacial score (nSPS) is 13.9. The van der Waals surface area contributed by atoms with Crippen molar-refractivity contribution in [1.29, 1.82) is 5.26 Å². The molecular formula is C21H20N4O5. The van der Waals surface area contributed by atoms with Gasteiger partial charge in [0, 0.05) is 19.2 Å². The van der Waals surface area contributed by atoms with Crippen molar-refractivity contribution in [2.45, 2.75) is 25.9 Å². The van der Waals surface area contributed by atoms with Crippen LogP contribution in [-0.2, 0) is 9.53 Å². The van der Waals surface area contributed by atoms with Crippen LogP contribution in [0.15, 0.2) is 42.5 Å². The molecule has 3 rings (SSSR count). The third kappa shape index (κ3) is 4.55. The summed E-state index contributed by atoms with van der Waals surface area (Å²) in [5.41, 5.74) is 0.858. The molecule has 1 fully saturated rings. The minimum atomic E-state index is -1.17. The summed E-state index contributed by atoms with van der Waals surface area (Å²) in [6, 6.07) is 12.6. The number of rotatable bonds is 6. The molecule has 30 heavy (non-hydrogen) atoms. The molecule has 1 amide bonds. The molecule has 0 bridgehead atoms. The number of nitro groups is 1. The van der Waals surface area contributed by atoms with Crippen molar-refractivity contribution in [2.24, 2.45) is 0 Å². The van der Waals surface area contributed by atoms with Gasteiger partial charge >= 0.3 is 5.97 Å². The molecule has 1 aliphatic heterocycles. The number of amides is 1. The second kappa shape index (κ2) is 9.05. The van der Waals surface area contributed by atoms with E-state index in [2.05, 4.69) is 5.32 Å². The van der Waals surface area contributed by atoms with Gasteiger partial charge in [-0.2, -0.15) is 5.26 Å². The van der Waals surface area contributed by atoms with E-state index in [4.69, 9.17) is 10.00 Å². The predicted molar refractivity (Wildman–Crippen MR) is 109 cm³/mol. The number of hydrogen-bond acceptors (Lipinski definition) is 7. The summed E-state index contributed by atoms with van der Waals surface area (Å²) < 4.78 is 5.17. The van der Waals surface area contributed by atoms with Crippen molar-refractivity contribution in [3.63, 3.8) is 0 Å². The van der Waals surface area contributed by atoms with Crippen molar-refractivity contribution >= 4 is 28.9 Å². The molecule has 0 unspecified atom stereocenters. The van der Waals surface area contributed by atoms with E-state index in [0.29, 0.717) is 11.4 Å². The van der Waals surface area contributed by atoms with Crippen molar-refractivity contribution in [2.75, 3.05) is 23.3 Å². The van der Waals surface area contributed by atoms with Gasteiger partial charge in [-0.1, -0.05) is 12.1 Å². The predicted octanol–water partition coefficient (Wildman–Crippen LogP) is 3.25. The van der Waals surface area contributed by atoms with Gasteiger partial charge in [0.25, 0.3) is 11.6 Å². The minimum Gasteiger partial charge on any atom is -0.449 e. The molecule has 0 saturated carbocycles. The lowest BCUT2D eigenvalue weighted by Crippen LogP contribution is -2.30. The number of carbonyl (C=O) groups excluding carboxylic acids is 2. The molecule has 1 saturated heterocycles. The number of nitro benzene ring substituents is 1. The number of nitrogens with zero attached hydrogens (tertiary/aromatic N) is 3. The molecule has 1 N–H and O–H groups in total. The van der Waals surface area contributed by atoms with Crippen LogP contribution in [0.2, 0.25) is 0 Å². The Bertz CT molecular complexity index is 1020. The number of nitrogens with one attached hydrogen (secondary N) is 1. The highest BCUT2D eigenvalue weighted by atomic mass is 16.6. The van der Waals surface area contributed by atoms with E-state index in [0.717, 1.165) is 25.9 Å². The van der Waals surface area contributed by atoms with E-state index in [1.165, 1.54) is 25.1 Å². The number of carbonyl (C=O) groups is 2. The number of esters is 1. The molecule has 9 heteroatoms. The second-order valence-electron chi connectivity index (χ2n) is 6.85. The van der Waals surface area contributed by atoms with E-state index in [1.54, 1.807) is 24.3 Å². The maximum atomic E-state index is 12.5. The lowest BCUT2D eigenvalue weighted by atomic mass is 10.1. The average Bonchev–Trinajstić information content (AvgIpc) is 3.28. The molecule has 0 aromatic heterocycles. The van der Waals surface area contributed by atoms with E-state index in [1.807, 2.05) is 11.0 Å². The fourth-order valence-corrected chi connectivity index (χ4v) is 3.23. The lowest BCUT2D eigenvalue weighted by Gasteiger charge is -2.18. The highest BCUT2D eigenvalue weighted by Crippen LogP contribution is 2.32. The van der Waals surface area contributed by atoms with Gasteiger partial charge in [0.15, 0.2) is 6.10 Å². The first kappa shape index (κ1) is 20.8. The zero-order valence-electron chi connectivity index (χ0n) is 16.3. The van der Waals surface area contributed by atoms with Crippen LogP contribution >= 0.6 is 0 Å². The summed E-state index contributed by atoms with van der Waals surface area (Å²) in [7, 11) is 0. The quantitative estimate of drug-likeness (QED) is 0.442. The molecule has 154 valence electrons. The lowest BCUT2D eigenvalue weighted by molar-refractivity contribution is -0.384. The van der Waals surface area contributed by atoms with Crippen molar-refractivity contribution in [1.82, 2.24) is 0 Å². The van der Waals surface area contributed by atoms with Crippen molar-refractivity contribution in [3.8, 4) is 6.07 Å². The zero-order valence-corrected chi connectivity index (χ0v) is 16.3. The van der Waals surface area contributed by atoms with Crippen molar-refractivity contribution < 1.29 is 19.2 Å². The Balaban J connectivity index is 1.71. The zero-order chi connectivity index (χ0) is 21.7. The maximum absolute atomic E-state index is 12.5. The van der Waals surface area contributed by atoms with E-state index in [-0.39, 0.29) is 16.8 Å². The molecule has 9 nitrogen and oxygen atoms in total. The first-order valence-corrected chi connectivity index (χ1v) is 9.45. The molecule has 0 radical (unpaired) electrons. The summed E-state index contributed by atoms with van der Waals surface area (Å²) in [4.78, 5) is 37.7. The van der Waals surface area contributed by atoms with Crippen LogP contribution in [-0.4, -0.2) is 36.0 Å². The Hall–Kier alpha value is -3.93. The average molecular weight is 408 g/mol. The van der Waals surface area contributed by atoms with E-state index < -0.39 is 22.9 Å². The van der Waals surface area contributed by atoms with Crippen LogP contribution in [0.3, 0.4) is 0 Å². The Morgan fingerprint density at radius 3 is 2.60 bits per heavy atom. The standard InChI is InChI=1S/C21H20N4O5/c1-14(20(26)23-17-7-3-2-6-16(17)13-22)30-21(27)15-8-9-18(19(12-15)25(28)29)24-10-4-5-11-24/h2-3,6-9,12,14H,4-5,10-11H2,1H3,(H,23,26)/t14-/m0/s1. The fraction of sp³-hybridized carbons (Fsp3) is 0.286. The van der Waals surface area contributed by atoms with Crippen LogP contribution in [0.1, 0.15) is 35.7 Å². The Morgan fingerprint density at radius 1 is 1.23 bits per heavy atom. The summed E-state index contributed by atoms with van der Waals surface area (Å²) in [6.07, 6.45) is 0.756. The molecule has 1 atom stereocenters. The van der Waals surface area contributed by atoms with Crippen LogP contribution in [0.5, 0.6) is 0 Å². The minimum absolute atomic E-state index is 0.0123. The molecule has 2 aromatic rings. The fourth-order valence-electron chi connectivity index (χ4n) is 3.23. The Morgan fingerprint density at radius 2 is 1.93 bits per heavy atom. The smallest absolute Gasteiger partial charge is 0.339 e. The van der Waals surface area contributed by atoms with Crippen LogP contribution < -0.4 is 10.2 Å². The second-order valence-corrected chi connectivity index (χ2v) is 6.85. The monoisotopic (exact) mass is 408 g/mol. The SMILES string of the molecule is C[C@H](OC(=O)c1ccc(N2CCCC2)c([N+](=O)[O-])c1)C(=O)Nc1ccccc1C#N. The Labute approximate surface area is 173 Å². The largest absolute Gasteiger partial charge is 0.449 e. The first-order chi connectivity index (χ1) is 14.4. The van der Waals surface area contributed by atoms with Gasteiger partial charge in [-0.15, -0.1) is 0 Å². The number of hydrogen-bond donors (Lipinski definition) is 1. The number of para-hydroxylation sites is 1. The topological polar surface area (TPSA) is 126 Å². The van der Waals surface area contributed by atoms with Gasteiger partial charge in [-0.3, -0.25) is 14.9 Å². The van der Waals surface area contributed by atoms with Crippen molar-refractivity contribution in [3.05, 3.63) is 63.7 Å². The van der Waals surface area contributed by atoms with Gasteiger partial charge in [0.2, 0.25) is 0 Å². The van der Waals surface area contributed by atoms with Crippen LogP contribution in [0.25, 0.3) is 0 Å². The molecule has 0 aliphatic carbocycles. The van der Waals surface area contributed by atoms with Gasteiger partial charge in [0.1, 0.15) is 11.8 Å². The third-order valence-corrected chi connectivity index (χ3v) is 4.81. The first-order valence-electron chi connectivity index (χ1n) is 9.45. The summed E-state index contributed by atoms with van der Waals surface area (Å²) in [5.74, 6) is -1.46. The summed E-state index contributed by atoms with van der Waals surface area (Å²) in [5, 5.41) is 23.1. The molecule has 2 aromatic carbocycles. The van der Waals surface area contributed by atoms with E-state index in [9.17, 15) is 19.7 Å². The van der Waals surface area contributed by atoms with Crippen LogP contribution in [0.4, 0.5) is 17.1 Å². The highest BCUT2D eigenvalue weighted by Gasteiger charge is 2.26. The van der Waals surface area contributed by atoms with E-state index >= 15 is 0 Å². The number of nitriles is 1. The van der Waals surface area contributed by atoms with Gasteiger partial charge in [-0.05, 0) is 44.0 Å². The maximum Gasteiger partial charge on any atom is 0.339 e. The molecule has 1 heterocycles. The highest BCUT2D eigenvalue weighted by molar-refractivity contribution is 5.98. The molecule has 1 aliphatic rings. The number of anilines is 2. The third-order valence-electron chi connectivity index (χ3n) is 4.81. The van der Waals surface area contributed by atoms with Crippen LogP contribution in [0, 0.1) is 21.4 Å². The van der Waals surface area contributed by atoms with Gasteiger partial charge < -0.3 is 15.0 Å². The number of benzene rings is 2. The Kier molecular flexibility index (Phi) is 6.27. The number of ether oxygens (including phenoxy) is 1. The molecular weight excluding hydrogens is 388 g/mol. The van der Waals surface area contributed by atoms with Gasteiger partial charge in [-0.25, -0.2) is 4.79 Å². The summed E-state index contributed by atoms with van der Waals surface area (Å²) >= 11 is 0. The van der Waals surface area contributed by atoms with Gasteiger partial charge in [0.05, 0.1) is 21.7 Å². The molecule has 0 spiro atoms.